The van der Waals surface area contributed by atoms with E-state index in [4.69, 9.17) is 32.7 Å². The van der Waals surface area contributed by atoms with Crippen molar-refractivity contribution in [2.24, 2.45) is 0 Å². The second-order valence-corrected chi connectivity index (χ2v) is 7.89. The Kier molecular flexibility index (Phi) is 8.57. The molecule has 176 valence electrons. The minimum absolute atomic E-state index is 0.00972. The third-order valence-corrected chi connectivity index (χ3v) is 5.32. The number of rotatable bonds is 8. The lowest BCUT2D eigenvalue weighted by Crippen LogP contribution is -2.19. The number of nitrogens with one attached hydrogen (secondary N) is 1. The average molecular weight is 523 g/mol. The Labute approximate surface area is 192 Å². The van der Waals surface area contributed by atoms with E-state index in [2.05, 4.69) is 10.4 Å². The highest BCUT2D eigenvalue weighted by molar-refractivity contribution is 8.00. The number of nitrogens with zero attached hydrogens (tertiary/aromatic N) is 3. The summed E-state index contributed by atoms with van der Waals surface area (Å²) in [4.78, 5) is -0.599. The minimum Gasteiger partial charge on any atom is -0.369 e. The molecule has 0 bridgehead atoms. The minimum atomic E-state index is -4.79. The van der Waals surface area contributed by atoms with E-state index in [1.54, 1.807) is 0 Å². The van der Waals surface area contributed by atoms with Crippen LogP contribution in [-0.4, -0.2) is 42.3 Å². The van der Waals surface area contributed by atoms with E-state index in [0.717, 1.165) is 4.68 Å². The molecule has 0 radical (unpaired) electrons. The van der Waals surface area contributed by atoms with Gasteiger partial charge in [0.2, 0.25) is 0 Å². The van der Waals surface area contributed by atoms with E-state index in [1.807, 2.05) is 0 Å². The molecule has 15 heteroatoms. The van der Waals surface area contributed by atoms with Crippen molar-refractivity contribution < 1.29 is 35.8 Å². The number of thioether (sulfide) groups is 1. The monoisotopic (exact) mass is 522 g/mol. The number of benzene rings is 1. The number of methoxy groups -OCH3 is 2. The Bertz CT molecular complexity index is 980. The van der Waals surface area contributed by atoms with Gasteiger partial charge in [0, 0.05) is 27.2 Å². The van der Waals surface area contributed by atoms with E-state index in [1.165, 1.54) is 20.3 Å². The van der Waals surface area contributed by atoms with Gasteiger partial charge in [0.15, 0.2) is 12.0 Å². The fourth-order valence-corrected chi connectivity index (χ4v) is 3.90. The van der Waals surface area contributed by atoms with Crippen molar-refractivity contribution in [3.63, 3.8) is 0 Å². The Morgan fingerprint density at radius 2 is 1.72 bits per heavy atom. The van der Waals surface area contributed by atoms with Crippen LogP contribution in [0.2, 0.25) is 10.0 Å². The van der Waals surface area contributed by atoms with Crippen LogP contribution in [0, 0.1) is 11.3 Å². The van der Waals surface area contributed by atoms with Crippen molar-refractivity contribution >= 4 is 40.8 Å². The highest BCUT2D eigenvalue weighted by Crippen LogP contribution is 2.45. The molecule has 32 heavy (non-hydrogen) atoms. The summed E-state index contributed by atoms with van der Waals surface area (Å²) < 4.78 is 89.2. The molecule has 0 fully saturated rings. The maximum Gasteiger partial charge on any atom is 0.446 e. The lowest BCUT2D eigenvalue weighted by molar-refractivity contribution is -0.137. The van der Waals surface area contributed by atoms with Crippen LogP contribution in [0.25, 0.3) is 5.69 Å². The van der Waals surface area contributed by atoms with Crippen LogP contribution in [0.5, 0.6) is 0 Å². The van der Waals surface area contributed by atoms with Gasteiger partial charge in [0.1, 0.15) is 17.6 Å². The molecular formula is C17H14Cl2F6N4O2S. The van der Waals surface area contributed by atoms with E-state index in [-0.39, 0.29) is 24.5 Å². The Hall–Kier alpha value is -1.85. The van der Waals surface area contributed by atoms with Crippen LogP contribution < -0.4 is 5.32 Å². The normalized spacial score (nSPS) is 12.3. The number of aromatic nitrogens is 2. The molecule has 1 N–H and O–H groups in total. The third kappa shape index (κ3) is 6.35. The number of hydrogen-bond donors (Lipinski definition) is 1. The van der Waals surface area contributed by atoms with Gasteiger partial charge in [-0.1, -0.05) is 23.2 Å². The summed E-state index contributed by atoms with van der Waals surface area (Å²) in [7, 11) is 2.72. The summed E-state index contributed by atoms with van der Waals surface area (Å²) in [5, 5.41) is 14.7. The second-order valence-electron chi connectivity index (χ2n) is 6.00. The van der Waals surface area contributed by atoms with Gasteiger partial charge in [0.05, 0.1) is 20.5 Å². The van der Waals surface area contributed by atoms with Gasteiger partial charge in [-0.3, -0.25) is 0 Å². The Balaban J connectivity index is 2.63. The summed E-state index contributed by atoms with van der Waals surface area (Å²) in [6.07, 6.45) is -5.28. The topological polar surface area (TPSA) is 72.1 Å². The summed E-state index contributed by atoms with van der Waals surface area (Å²) >= 11 is 11.4. The summed E-state index contributed by atoms with van der Waals surface area (Å²) in [6, 6.07) is 2.65. The summed E-state index contributed by atoms with van der Waals surface area (Å²) in [5.74, 6) is -0.335. The van der Waals surface area contributed by atoms with Crippen molar-refractivity contribution in [1.29, 1.82) is 5.26 Å². The van der Waals surface area contributed by atoms with E-state index >= 15 is 0 Å². The van der Waals surface area contributed by atoms with Crippen LogP contribution >= 0.6 is 35.0 Å². The molecule has 1 aromatic carbocycles. The molecule has 0 aliphatic heterocycles. The molecular weight excluding hydrogens is 509 g/mol. The molecule has 2 aromatic rings. The number of anilines is 1. The molecule has 0 saturated heterocycles. The molecule has 1 aromatic heterocycles. The van der Waals surface area contributed by atoms with Crippen molar-refractivity contribution in [1.82, 2.24) is 9.78 Å². The van der Waals surface area contributed by atoms with Crippen molar-refractivity contribution in [2.75, 3.05) is 26.1 Å². The first-order valence-corrected chi connectivity index (χ1v) is 10.0. The number of nitriles is 1. The highest BCUT2D eigenvalue weighted by atomic mass is 35.5. The number of ether oxygens (including phenoxy) is 2. The van der Waals surface area contributed by atoms with Crippen molar-refractivity contribution in [3.05, 3.63) is 33.4 Å². The first-order chi connectivity index (χ1) is 14.8. The fourth-order valence-electron chi connectivity index (χ4n) is 2.58. The Morgan fingerprint density at radius 3 is 2.16 bits per heavy atom. The average Bonchev–Trinajstić information content (AvgIpc) is 2.99. The van der Waals surface area contributed by atoms with E-state index in [9.17, 15) is 31.6 Å². The van der Waals surface area contributed by atoms with Crippen LogP contribution in [0.1, 0.15) is 17.7 Å². The van der Waals surface area contributed by atoms with Crippen LogP contribution in [0.15, 0.2) is 17.0 Å². The molecule has 0 aliphatic carbocycles. The summed E-state index contributed by atoms with van der Waals surface area (Å²) in [5.41, 5.74) is -6.90. The van der Waals surface area contributed by atoms with Crippen LogP contribution in [0.3, 0.4) is 0 Å². The predicted octanol–water partition coefficient (Wildman–Crippen LogP) is 6.10. The third-order valence-electron chi connectivity index (χ3n) is 3.92. The lowest BCUT2D eigenvalue weighted by Gasteiger charge is -2.17. The molecule has 1 heterocycles. The van der Waals surface area contributed by atoms with Gasteiger partial charge >= 0.3 is 11.7 Å². The zero-order valence-electron chi connectivity index (χ0n) is 16.2. The first-order valence-electron chi connectivity index (χ1n) is 8.47. The SMILES string of the molecule is COC(CCNc1c(SC(F)(F)F)c(C#N)nn1-c1c(Cl)cc(C(F)(F)F)cc1Cl)OC. The first kappa shape index (κ1) is 26.4. The molecule has 0 amide bonds. The smallest absolute Gasteiger partial charge is 0.369 e. The maximum atomic E-state index is 13.1. The number of alkyl halides is 6. The highest BCUT2D eigenvalue weighted by Gasteiger charge is 2.36. The molecule has 0 spiro atoms. The molecule has 2 rings (SSSR count). The van der Waals surface area contributed by atoms with Crippen LogP contribution in [-0.2, 0) is 15.7 Å². The summed E-state index contributed by atoms with van der Waals surface area (Å²) in [6.45, 7) is -0.00972. The van der Waals surface area contributed by atoms with Gasteiger partial charge in [-0.25, -0.2) is 4.68 Å². The fraction of sp³-hybridized carbons (Fsp3) is 0.412. The van der Waals surface area contributed by atoms with Crippen molar-refractivity contribution in [2.45, 2.75) is 29.3 Å². The van der Waals surface area contributed by atoms with Gasteiger partial charge in [-0.05, 0) is 23.9 Å². The maximum absolute atomic E-state index is 13.1. The van der Waals surface area contributed by atoms with E-state index in [0.29, 0.717) is 12.1 Å². The van der Waals surface area contributed by atoms with Gasteiger partial charge in [0.25, 0.3) is 0 Å². The number of hydrogen-bond acceptors (Lipinski definition) is 6. The largest absolute Gasteiger partial charge is 0.446 e. The van der Waals surface area contributed by atoms with E-state index < -0.39 is 55.9 Å². The molecule has 0 unspecified atom stereocenters. The Morgan fingerprint density at radius 1 is 1.16 bits per heavy atom. The second kappa shape index (κ2) is 10.4. The predicted molar refractivity (Wildman–Crippen MR) is 106 cm³/mol. The molecule has 0 saturated carbocycles. The van der Waals surface area contributed by atoms with Crippen molar-refractivity contribution in [3.8, 4) is 11.8 Å². The van der Waals surface area contributed by atoms with Gasteiger partial charge < -0.3 is 14.8 Å². The van der Waals surface area contributed by atoms with Crippen LogP contribution in [0.4, 0.5) is 32.2 Å². The molecule has 6 nitrogen and oxygen atoms in total. The standard InChI is InChI=1S/C17H14Cl2F6N4O2S/c1-30-12(31-2)3-4-27-15-14(32-17(23,24)25)11(7-26)28-29(15)13-9(18)5-8(6-10(13)19)16(20,21)22/h5-6,12,27H,3-4H2,1-2H3. The molecule has 0 aliphatic rings. The molecule has 0 atom stereocenters. The van der Waals surface area contributed by atoms with Gasteiger partial charge in [-0.2, -0.15) is 36.7 Å². The van der Waals surface area contributed by atoms with Gasteiger partial charge in [-0.15, -0.1) is 0 Å². The quantitative estimate of drug-likeness (QED) is 0.256. The lowest BCUT2D eigenvalue weighted by atomic mass is 10.2. The zero-order valence-corrected chi connectivity index (χ0v) is 18.6. The number of halogens is 8. The zero-order chi connectivity index (χ0) is 24.3.